The van der Waals surface area contributed by atoms with Crippen molar-refractivity contribution >= 4 is 55.0 Å². The molecule has 0 unspecified atom stereocenters. The van der Waals surface area contributed by atoms with Crippen molar-refractivity contribution in [2.45, 2.75) is 6.54 Å². The van der Waals surface area contributed by atoms with Gasteiger partial charge in [-0.25, -0.2) is 4.98 Å². The third-order valence-corrected chi connectivity index (χ3v) is 6.01. The maximum atomic E-state index is 12.8. The van der Waals surface area contributed by atoms with Gasteiger partial charge < -0.3 is 14.0 Å². The molecule has 0 saturated heterocycles. The molecule has 0 aliphatic carbocycles. The molecule has 4 aromatic rings. The summed E-state index contributed by atoms with van der Waals surface area (Å²) in [6.07, 6.45) is 0. The summed E-state index contributed by atoms with van der Waals surface area (Å²) in [6.45, 7) is -0.0726. The largest absolute Gasteiger partial charge is 0.495 e. The molecule has 1 amide bonds. The van der Waals surface area contributed by atoms with Gasteiger partial charge in [-0.05, 0) is 30.3 Å². The summed E-state index contributed by atoms with van der Waals surface area (Å²) in [6, 6.07) is 10.8. The Hall–Kier alpha value is -3.04. The van der Waals surface area contributed by atoms with Crippen molar-refractivity contribution in [2.75, 3.05) is 14.2 Å². The van der Waals surface area contributed by atoms with E-state index in [9.17, 15) is 9.59 Å². The minimum absolute atomic E-state index is 0.0726. The van der Waals surface area contributed by atoms with E-state index < -0.39 is 5.97 Å². The van der Waals surface area contributed by atoms with E-state index in [0.717, 1.165) is 14.9 Å². The lowest BCUT2D eigenvalue weighted by atomic mass is 10.2. The number of fused-ring (bicyclic) bond motifs is 2. The van der Waals surface area contributed by atoms with Gasteiger partial charge in [-0.2, -0.15) is 4.99 Å². The molecule has 0 bridgehead atoms. The quantitative estimate of drug-likeness (QED) is 0.480. The number of hydrogen-bond donors (Lipinski definition) is 0. The molecule has 0 aliphatic rings. The van der Waals surface area contributed by atoms with E-state index >= 15 is 0 Å². The fourth-order valence-electron chi connectivity index (χ4n) is 2.83. The predicted octanol–water partition coefficient (Wildman–Crippen LogP) is 3.24. The summed E-state index contributed by atoms with van der Waals surface area (Å²) in [5.41, 5.74) is 3.74. The minimum Gasteiger partial charge on any atom is -0.495 e. The number of thiazole rings is 2. The number of hydrogen-bond acceptors (Lipinski definition) is 7. The minimum atomic E-state index is -0.439. The Morgan fingerprint density at radius 3 is 2.82 bits per heavy atom. The number of carbonyl (C=O) groups excluding carboxylic acids is 2. The highest BCUT2D eigenvalue weighted by molar-refractivity contribution is 7.17. The van der Waals surface area contributed by atoms with Crippen LogP contribution in [-0.2, 0) is 16.1 Å². The van der Waals surface area contributed by atoms with E-state index in [1.165, 1.54) is 29.8 Å². The van der Waals surface area contributed by atoms with Crippen LogP contribution >= 0.6 is 22.7 Å². The van der Waals surface area contributed by atoms with Crippen LogP contribution in [0, 0.1) is 0 Å². The molecule has 142 valence electrons. The standard InChI is InChI=1S/C19H15N3O4S2/c1-25-13-4-3-5-14-17(13)22(9-16(23)26-2)19(28-14)21-18(24)11-6-7-12-15(8-11)27-10-20-12/h3-8,10H,9H2,1-2H3. The summed E-state index contributed by atoms with van der Waals surface area (Å²) in [5, 5.41) is 0. The molecule has 7 nitrogen and oxygen atoms in total. The number of amides is 1. The Kier molecular flexibility index (Phi) is 4.93. The lowest BCUT2D eigenvalue weighted by Gasteiger charge is -2.07. The second kappa shape index (κ2) is 7.53. The normalized spacial score (nSPS) is 11.9. The molecule has 2 heterocycles. The number of ether oxygens (including phenoxy) is 2. The molecule has 28 heavy (non-hydrogen) atoms. The molecule has 0 spiro atoms. The van der Waals surface area contributed by atoms with Crippen LogP contribution in [0.15, 0.2) is 46.9 Å². The molecule has 9 heteroatoms. The van der Waals surface area contributed by atoms with Crippen LogP contribution in [0.25, 0.3) is 20.4 Å². The Bertz CT molecular complexity index is 1270. The molecule has 0 saturated carbocycles. The van der Waals surface area contributed by atoms with Gasteiger partial charge in [-0.1, -0.05) is 17.4 Å². The zero-order valence-corrected chi connectivity index (χ0v) is 16.7. The van der Waals surface area contributed by atoms with E-state index in [0.29, 0.717) is 21.6 Å². The molecular weight excluding hydrogens is 398 g/mol. The number of nitrogens with zero attached hydrogens (tertiary/aromatic N) is 3. The molecule has 4 rings (SSSR count). The first kappa shape index (κ1) is 18.3. The maximum Gasteiger partial charge on any atom is 0.325 e. The van der Waals surface area contributed by atoms with Crippen molar-refractivity contribution in [1.82, 2.24) is 9.55 Å². The van der Waals surface area contributed by atoms with Crippen LogP contribution in [0.5, 0.6) is 5.75 Å². The smallest absolute Gasteiger partial charge is 0.325 e. The number of aromatic nitrogens is 2. The van der Waals surface area contributed by atoms with E-state index in [4.69, 9.17) is 9.47 Å². The monoisotopic (exact) mass is 413 g/mol. The van der Waals surface area contributed by atoms with Gasteiger partial charge in [0.1, 0.15) is 17.8 Å². The number of rotatable bonds is 4. The molecule has 0 aliphatic heterocycles. The highest BCUT2D eigenvalue weighted by atomic mass is 32.1. The van der Waals surface area contributed by atoms with Crippen LogP contribution < -0.4 is 9.54 Å². The topological polar surface area (TPSA) is 82.8 Å². The highest BCUT2D eigenvalue weighted by Gasteiger charge is 2.16. The molecule has 0 atom stereocenters. The second-order valence-corrected chi connectivity index (χ2v) is 7.70. The van der Waals surface area contributed by atoms with Gasteiger partial charge in [-0.15, -0.1) is 11.3 Å². The third-order valence-electron chi connectivity index (χ3n) is 4.17. The van der Waals surface area contributed by atoms with Crippen molar-refractivity contribution in [3.8, 4) is 5.75 Å². The summed E-state index contributed by atoms with van der Waals surface area (Å²) in [7, 11) is 2.88. The Morgan fingerprint density at radius 1 is 1.18 bits per heavy atom. The summed E-state index contributed by atoms with van der Waals surface area (Å²) in [4.78, 5) is 33.6. The summed E-state index contributed by atoms with van der Waals surface area (Å²) >= 11 is 2.78. The van der Waals surface area contributed by atoms with Gasteiger partial charge in [0, 0.05) is 5.56 Å². The van der Waals surface area contributed by atoms with E-state index in [1.54, 1.807) is 41.5 Å². The number of para-hydroxylation sites is 1. The zero-order valence-electron chi connectivity index (χ0n) is 15.0. The number of benzene rings is 2. The van der Waals surface area contributed by atoms with Gasteiger partial charge in [0.15, 0.2) is 4.80 Å². The first-order valence-corrected chi connectivity index (χ1v) is 9.96. The van der Waals surface area contributed by atoms with E-state index in [2.05, 4.69) is 9.98 Å². The lowest BCUT2D eigenvalue weighted by molar-refractivity contribution is -0.141. The Morgan fingerprint density at radius 2 is 2.04 bits per heavy atom. The summed E-state index contributed by atoms with van der Waals surface area (Å²) < 4.78 is 13.6. The van der Waals surface area contributed by atoms with Gasteiger partial charge >= 0.3 is 5.97 Å². The van der Waals surface area contributed by atoms with Crippen molar-refractivity contribution < 1.29 is 19.1 Å². The average molecular weight is 413 g/mol. The Labute approximate surface area is 167 Å². The van der Waals surface area contributed by atoms with Crippen molar-refractivity contribution in [3.63, 3.8) is 0 Å². The van der Waals surface area contributed by atoms with Crippen molar-refractivity contribution in [2.24, 2.45) is 4.99 Å². The van der Waals surface area contributed by atoms with Gasteiger partial charge in [-0.3, -0.25) is 9.59 Å². The molecule has 0 fully saturated rings. The number of esters is 1. The maximum absolute atomic E-state index is 12.8. The Balaban J connectivity index is 1.87. The SMILES string of the molecule is COC(=O)Cn1c(=NC(=O)c2ccc3ncsc3c2)sc2cccc(OC)c21. The van der Waals surface area contributed by atoms with Crippen molar-refractivity contribution in [1.29, 1.82) is 0 Å². The molecule has 2 aromatic heterocycles. The fourth-order valence-corrected chi connectivity index (χ4v) is 4.59. The first-order valence-electron chi connectivity index (χ1n) is 8.26. The second-order valence-electron chi connectivity index (χ2n) is 5.81. The molecule has 2 aromatic carbocycles. The number of carbonyl (C=O) groups is 2. The van der Waals surface area contributed by atoms with Gasteiger partial charge in [0.2, 0.25) is 0 Å². The molecular formula is C19H15N3O4S2. The predicted molar refractivity (Wildman–Crippen MR) is 108 cm³/mol. The average Bonchev–Trinajstić information content (AvgIpc) is 3.31. The molecule has 0 N–H and O–H groups in total. The van der Waals surface area contributed by atoms with Crippen LogP contribution in [0.4, 0.5) is 0 Å². The third kappa shape index (κ3) is 3.30. The van der Waals surface area contributed by atoms with Crippen LogP contribution in [0.3, 0.4) is 0 Å². The van der Waals surface area contributed by atoms with Crippen LogP contribution in [0.1, 0.15) is 10.4 Å². The highest BCUT2D eigenvalue weighted by Crippen LogP contribution is 2.27. The van der Waals surface area contributed by atoms with Crippen LogP contribution in [0.2, 0.25) is 0 Å². The zero-order chi connectivity index (χ0) is 19.7. The fraction of sp³-hybridized carbons (Fsp3) is 0.158. The molecule has 0 radical (unpaired) electrons. The first-order chi connectivity index (χ1) is 13.6. The van der Waals surface area contributed by atoms with Crippen LogP contribution in [-0.4, -0.2) is 35.6 Å². The van der Waals surface area contributed by atoms with E-state index in [-0.39, 0.29) is 12.5 Å². The van der Waals surface area contributed by atoms with Gasteiger partial charge in [0.25, 0.3) is 5.91 Å². The summed E-state index contributed by atoms with van der Waals surface area (Å²) in [5.74, 6) is -0.234. The van der Waals surface area contributed by atoms with E-state index in [1.807, 2.05) is 12.1 Å². The van der Waals surface area contributed by atoms with Gasteiger partial charge in [0.05, 0.1) is 34.6 Å². The lowest BCUT2D eigenvalue weighted by Crippen LogP contribution is -2.22. The number of methoxy groups -OCH3 is 2. The van der Waals surface area contributed by atoms with Crippen molar-refractivity contribution in [3.05, 3.63) is 52.3 Å².